The zero-order valence-corrected chi connectivity index (χ0v) is 13.2. The van der Waals surface area contributed by atoms with Gasteiger partial charge in [0.15, 0.2) is 0 Å². The Morgan fingerprint density at radius 2 is 2.00 bits per heavy atom. The molecule has 1 N–H and O–H groups in total. The number of rotatable bonds is 3. The number of piperidine rings is 2. The van der Waals surface area contributed by atoms with Crippen LogP contribution < -0.4 is 0 Å². The molecule has 2 amide bonds. The van der Waals surface area contributed by atoms with E-state index < -0.39 is 30.5 Å². The third kappa shape index (κ3) is 4.37. The summed E-state index contributed by atoms with van der Waals surface area (Å²) in [5, 5.41) is 9.46. The van der Waals surface area contributed by atoms with Crippen LogP contribution in [0.5, 0.6) is 0 Å². The summed E-state index contributed by atoms with van der Waals surface area (Å²) in [6.45, 7) is 0.998. The summed E-state index contributed by atoms with van der Waals surface area (Å²) in [6.07, 6.45) is -2.39. The number of amides is 2. The lowest BCUT2D eigenvalue weighted by atomic mass is 9.89. The molecule has 3 atom stereocenters. The molecule has 2 fully saturated rings. The van der Waals surface area contributed by atoms with Crippen LogP contribution in [0.15, 0.2) is 0 Å². The Morgan fingerprint density at radius 3 is 2.61 bits per heavy atom. The Bertz CT molecular complexity index is 456. The fourth-order valence-electron chi connectivity index (χ4n) is 3.46. The van der Waals surface area contributed by atoms with E-state index in [2.05, 4.69) is 0 Å². The first-order valence-electron chi connectivity index (χ1n) is 8.00. The molecule has 0 aromatic carbocycles. The molecule has 0 aromatic heterocycles. The normalized spacial score (nSPS) is 29.8. The first-order chi connectivity index (χ1) is 10.7. The molecule has 2 rings (SSSR count). The standard InChI is InChI=1S/C15H23F3N2O3/c1-10-4-6-20(11(7-10)8-21)14(23)12-3-2-5-19(13(12)22)9-15(16,17)18/h10-12,21H,2-9H2,1H3/t10-,11+,12?/m1/s1. The minimum absolute atomic E-state index is 0.0303. The molecule has 8 heteroatoms. The Balaban J connectivity index is 2.07. The van der Waals surface area contributed by atoms with Crippen LogP contribution in [0.3, 0.4) is 0 Å². The van der Waals surface area contributed by atoms with Gasteiger partial charge in [-0.15, -0.1) is 0 Å². The molecular weight excluding hydrogens is 313 g/mol. The van der Waals surface area contributed by atoms with Crippen LogP contribution in [0, 0.1) is 11.8 Å². The van der Waals surface area contributed by atoms with E-state index in [9.17, 15) is 27.9 Å². The number of carbonyl (C=O) groups excluding carboxylic acids is 2. The summed E-state index contributed by atoms with van der Waals surface area (Å²) in [4.78, 5) is 27.1. The van der Waals surface area contributed by atoms with Crippen LogP contribution >= 0.6 is 0 Å². The minimum atomic E-state index is -4.46. The van der Waals surface area contributed by atoms with Crippen molar-refractivity contribution in [1.29, 1.82) is 0 Å². The average Bonchev–Trinajstić information content (AvgIpc) is 2.47. The SMILES string of the molecule is C[C@@H]1CCN(C(=O)C2CCCN(CC(F)(F)F)C2=O)[C@H](CO)C1. The second-order valence-corrected chi connectivity index (χ2v) is 6.57. The Labute approximate surface area is 133 Å². The fraction of sp³-hybridized carbons (Fsp3) is 0.867. The van der Waals surface area contributed by atoms with E-state index in [1.165, 1.54) is 4.90 Å². The average molecular weight is 336 g/mol. The predicted octanol–water partition coefficient (Wildman–Crippen LogP) is 1.41. The molecule has 1 unspecified atom stereocenters. The van der Waals surface area contributed by atoms with E-state index in [4.69, 9.17) is 0 Å². The lowest BCUT2D eigenvalue weighted by Crippen LogP contribution is -2.55. The van der Waals surface area contributed by atoms with Crippen molar-refractivity contribution in [2.75, 3.05) is 26.2 Å². The quantitative estimate of drug-likeness (QED) is 0.793. The molecule has 0 radical (unpaired) electrons. The first kappa shape index (κ1) is 18.0. The number of alkyl halides is 3. The van der Waals surface area contributed by atoms with E-state index in [1.807, 2.05) is 6.92 Å². The summed E-state index contributed by atoms with van der Waals surface area (Å²) >= 11 is 0. The molecular formula is C15H23F3N2O3. The summed E-state index contributed by atoms with van der Waals surface area (Å²) < 4.78 is 37.6. The van der Waals surface area contributed by atoms with Crippen molar-refractivity contribution in [2.45, 2.75) is 44.8 Å². The van der Waals surface area contributed by atoms with Gasteiger partial charge in [-0.05, 0) is 31.6 Å². The van der Waals surface area contributed by atoms with Gasteiger partial charge >= 0.3 is 6.18 Å². The van der Waals surface area contributed by atoms with Gasteiger partial charge in [0.25, 0.3) is 0 Å². The van der Waals surface area contributed by atoms with Gasteiger partial charge in [0.05, 0.1) is 12.6 Å². The highest BCUT2D eigenvalue weighted by atomic mass is 19.4. The molecule has 23 heavy (non-hydrogen) atoms. The van der Waals surface area contributed by atoms with E-state index in [0.29, 0.717) is 25.3 Å². The van der Waals surface area contributed by atoms with Crippen LogP contribution in [0.2, 0.25) is 0 Å². The molecule has 2 aliphatic rings. The maximum Gasteiger partial charge on any atom is 0.406 e. The lowest BCUT2D eigenvalue weighted by Gasteiger charge is -2.41. The second-order valence-electron chi connectivity index (χ2n) is 6.57. The van der Waals surface area contributed by atoms with Crippen LogP contribution in [-0.2, 0) is 9.59 Å². The van der Waals surface area contributed by atoms with Gasteiger partial charge in [-0.2, -0.15) is 13.2 Å². The maximum atomic E-state index is 12.6. The minimum Gasteiger partial charge on any atom is -0.394 e. The second kappa shape index (κ2) is 7.07. The van der Waals surface area contributed by atoms with E-state index in [1.54, 1.807) is 0 Å². The number of likely N-dealkylation sites (tertiary alicyclic amines) is 2. The van der Waals surface area contributed by atoms with Crippen LogP contribution in [0.4, 0.5) is 13.2 Å². The third-order valence-electron chi connectivity index (χ3n) is 4.67. The lowest BCUT2D eigenvalue weighted by molar-refractivity contribution is -0.171. The monoisotopic (exact) mass is 336 g/mol. The molecule has 0 saturated carbocycles. The number of halogens is 3. The molecule has 2 heterocycles. The molecule has 2 aliphatic heterocycles. The van der Waals surface area contributed by atoms with E-state index >= 15 is 0 Å². The van der Waals surface area contributed by atoms with Gasteiger partial charge in [0.2, 0.25) is 11.8 Å². The number of aliphatic hydroxyl groups is 1. The molecule has 5 nitrogen and oxygen atoms in total. The van der Waals surface area contributed by atoms with Crippen molar-refractivity contribution >= 4 is 11.8 Å². The van der Waals surface area contributed by atoms with Crippen molar-refractivity contribution in [3.8, 4) is 0 Å². The number of hydrogen-bond acceptors (Lipinski definition) is 3. The zero-order chi connectivity index (χ0) is 17.2. The Kier molecular flexibility index (Phi) is 5.54. The van der Waals surface area contributed by atoms with Gasteiger partial charge < -0.3 is 14.9 Å². The fourth-order valence-corrected chi connectivity index (χ4v) is 3.46. The van der Waals surface area contributed by atoms with Crippen LogP contribution in [-0.4, -0.2) is 65.2 Å². The van der Waals surface area contributed by atoms with Crippen molar-refractivity contribution in [2.24, 2.45) is 11.8 Å². The largest absolute Gasteiger partial charge is 0.406 e. The number of nitrogens with zero attached hydrogens (tertiary/aromatic N) is 2. The van der Waals surface area contributed by atoms with Gasteiger partial charge in [0, 0.05) is 13.1 Å². The van der Waals surface area contributed by atoms with E-state index in [-0.39, 0.29) is 25.6 Å². The van der Waals surface area contributed by atoms with Crippen molar-refractivity contribution < 1.29 is 27.9 Å². The van der Waals surface area contributed by atoms with Gasteiger partial charge in [-0.25, -0.2) is 0 Å². The zero-order valence-electron chi connectivity index (χ0n) is 13.2. The number of carbonyl (C=O) groups is 2. The highest BCUT2D eigenvalue weighted by molar-refractivity contribution is 6.00. The number of hydrogen-bond donors (Lipinski definition) is 1. The van der Waals surface area contributed by atoms with Crippen molar-refractivity contribution in [3.63, 3.8) is 0 Å². The molecule has 132 valence electrons. The highest BCUT2D eigenvalue weighted by Crippen LogP contribution is 2.28. The topological polar surface area (TPSA) is 60.9 Å². The smallest absolute Gasteiger partial charge is 0.394 e. The molecule has 2 saturated heterocycles. The number of aliphatic hydroxyl groups excluding tert-OH is 1. The van der Waals surface area contributed by atoms with Gasteiger partial charge in [0.1, 0.15) is 12.5 Å². The summed E-state index contributed by atoms with van der Waals surface area (Å²) in [7, 11) is 0. The van der Waals surface area contributed by atoms with Gasteiger partial charge in [-0.1, -0.05) is 6.92 Å². The predicted molar refractivity (Wildman–Crippen MR) is 76.3 cm³/mol. The van der Waals surface area contributed by atoms with Gasteiger partial charge in [-0.3, -0.25) is 9.59 Å². The Morgan fingerprint density at radius 1 is 1.30 bits per heavy atom. The summed E-state index contributed by atoms with van der Waals surface area (Å²) in [6, 6.07) is -0.350. The summed E-state index contributed by atoms with van der Waals surface area (Å²) in [5.41, 5.74) is 0. The van der Waals surface area contributed by atoms with E-state index in [0.717, 1.165) is 11.3 Å². The molecule has 0 bridgehead atoms. The molecule has 0 aliphatic carbocycles. The maximum absolute atomic E-state index is 12.6. The van der Waals surface area contributed by atoms with Crippen molar-refractivity contribution in [1.82, 2.24) is 9.80 Å². The third-order valence-corrected chi connectivity index (χ3v) is 4.67. The van der Waals surface area contributed by atoms with Crippen LogP contribution in [0.25, 0.3) is 0 Å². The first-order valence-corrected chi connectivity index (χ1v) is 8.00. The summed E-state index contributed by atoms with van der Waals surface area (Å²) in [5.74, 6) is -1.85. The van der Waals surface area contributed by atoms with Crippen LogP contribution in [0.1, 0.15) is 32.6 Å². The Hall–Kier alpha value is -1.31. The highest BCUT2D eigenvalue weighted by Gasteiger charge is 2.42. The van der Waals surface area contributed by atoms with Crippen molar-refractivity contribution in [3.05, 3.63) is 0 Å². The molecule has 0 aromatic rings. The molecule has 0 spiro atoms.